The fraction of sp³-hybridized carbons (Fsp3) is 0.529. The number of rotatable bonds is 6. The van der Waals surface area contributed by atoms with Gasteiger partial charge in [0.25, 0.3) is 0 Å². The van der Waals surface area contributed by atoms with Crippen LogP contribution in [0.2, 0.25) is 0 Å². The van der Waals surface area contributed by atoms with E-state index in [9.17, 15) is 4.79 Å². The second kappa shape index (κ2) is 10.5. The van der Waals surface area contributed by atoms with Crippen LogP contribution in [-0.4, -0.2) is 36.4 Å². The summed E-state index contributed by atoms with van der Waals surface area (Å²) in [6.45, 7) is 8.09. The molecule has 0 saturated carbocycles. The predicted octanol–water partition coefficient (Wildman–Crippen LogP) is 2.50. The highest BCUT2D eigenvalue weighted by atomic mass is 127. The number of benzene rings is 1. The molecule has 0 aromatic heterocycles. The van der Waals surface area contributed by atoms with Crippen LogP contribution >= 0.6 is 24.0 Å². The van der Waals surface area contributed by atoms with Crippen molar-refractivity contribution in [3.63, 3.8) is 0 Å². The van der Waals surface area contributed by atoms with Crippen LogP contribution in [0.15, 0.2) is 29.3 Å². The van der Waals surface area contributed by atoms with Crippen molar-refractivity contribution >= 4 is 35.8 Å². The lowest BCUT2D eigenvalue weighted by Crippen LogP contribution is -2.36. The number of carbonyl (C=O) groups excluding carboxylic acids is 1. The molecule has 1 heterocycles. The Kier molecular flexibility index (Phi) is 8.98. The van der Waals surface area contributed by atoms with E-state index in [1.54, 1.807) is 0 Å². The highest BCUT2D eigenvalue weighted by Crippen LogP contribution is 2.15. The summed E-state index contributed by atoms with van der Waals surface area (Å²) >= 11 is 0. The van der Waals surface area contributed by atoms with Gasteiger partial charge in [-0.3, -0.25) is 4.79 Å². The molecule has 0 radical (unpaired) electrons. The summed E-state index contributed by atoms with van der Waals surface area (Å²) in [6.07, 6.45) is 1.69. The molecule has 0 aliphatic carbocycles. The number of nitrogens with one attached hydrogen (secondary N) is 2. The van der Waals surface area contributed by atoms with Gasteiger partial charge < -0.3 is 15.5 Å². The van der Waals surface area contributed by atoms with E-state index in [2.05, 4.69) is 53.7 Å². The first-order valence-electron chi connectivity index (χ1n) is 8.10. The fourth-order valence-corrected chi connectivity index (χ4v) is 2.52. The average molecular weight is 430 g/mol. The Hall–Kier alpha value is -1.31. The van der Waals surface area contributed by atoms with Gasteiger partial charge in [-0.25, -0.2) is 4.99 Å². The second-order valence-corrected chi connectivity index (χ2v) is 5.46. The summed E-state index contributed by atoms with van der Waals surface area (Å²) in [5.41, 5.74) is 2.35. The summed E-state index contributed by atoms with van der Waals surface area (Å²) in [4.78, 5) is 18.1. The molecule has 2 N–H and O–H groups in total. The van der Waals surface area contributed by atoms with Gasteiger partial charge in [-0.15, -0.1) is 24.0 Å². The Morgan fingerprint density at radius 1 is 1.13 bits per heavy atom. The molecule has 6 heteroatoms. The minimum Gasteiger partial charge on any atom is -0.357 e. The molecule has 5 nitrogen and oxygen atoms in total. The first kappa shape index (κ1) is 19.7. The van der Waals surface area contributed by atoms with Crippen LogP contribution in [0.25, 0.3) is 0 Å². The van der Waals surface area contributed by atoms with Crippen LogP contribution < -0.4 is 10.6 Å². The van der Waals surface area contributed by atoms with Crippen LogP contribution in [0, 0.1) is 0 Å². The molecule has 1 saturated heterocycles. The van der Waals surface area contributed by atoms with Gasteiger partial charge in [-0.05, 0) is 31.4 Å². The number of nitrogens with zero attached hydrogens (tertiary/aromatic N) is 2. The zero-order chi connectivity index (χ0) is 15.8. The minimum absolute atomic E-state index is 0. The molecule has 0 atom stereocenters. The SMILES string of the molecule is CCNC(=NCc1ccc(CN2CCCC2=O)cc1)NCC.I. The molecule has 1 aromatic rings. The smallest absolute Gasteiger partial charge is 0.222 e. The third kappa shape index (κ3) is 6.37. The van der Waals surface area contributed by atoms with Gasteiger partial charge in [-0.1, -0.05) is 24.3 Å². The largest absolute Gasteiger partial charge is 0.357 e. The van der Waals surface area contributed by atoms with Crippen molar-refractivity contribution in [2.24, 2.45) is 4.99 Å². The lowest BCUT2D eigenvalue weighted by Gasteiger charge is -2.15. The number of guanidine groups is 1. The first-order chi connectivity index (χ1) is 10.7. The van der Waals surface area contributed by atoms with E-state index in [0.717, 1.165) is 38.6 Å². The van der Waals surface area contributed by atoms with Crippen LogP contribution in [0.3, 0.4) is 0 Å². The van der Waals surface area contributed by atoms with E-state index in [4.69, 9.17) is 0 Å². The Balaban J connectivity index is 0.00000264. The predicted molar refractivity (Wildman–Crippen MR) is 105 cm³/mol. The van der Waals surface area contributed by atoms with E-state index in [-0.39, 0.29) is 29.9 Å². The monoisotopic (exact) mass is 430 g/mol. The molecule has 0 spiro atoms. The van der Waals surface area contributed by atoms with Gasteiger partial charge in [0, 0.05) is 32.6 Å². The molecule has 2 rings (SSSR count). The molecule has 23 heavy (non-hydrogen) atoms. The average Bonchev–Trinajstić information content (AvgIpc) is 2.92. The van der Waals surface area contributed by atoms with E-state index in [1.807, 2.05) is 4.90 Å². The van der Waals surface area contributed by atoms with Gasteiger partial charge >= 0.3 is 0 Å². The number of halogens is 1. The first-order valence-corrected chi connectivity index (χ1v) is 8.10. The number of aliphatic imine (C=N–C) groups is 1. The zero-order valence-corrected chi connectivity index (χ0v) is 16.3. The molecule has 1 fully saturated rings. The maximum Gasteiger partial charge on any atom is 0.222 e. The Morgan fingerprint density at radius 2 is 1.74 bits per heavy atom. The number of likely N-dealkylation sites (tertiary alicyclic amines) is 1. The molecule has 1 aliphatic rings. The van der Waals surface area contributed by atoms with Crippen LogP contribution in [-0.2, 0) is 17.9 Å². The number of hydrogen-bond acceptors (Lipinski definition) is 2. The van der Waals surface area contributed by atoms with Crippen molar-refractivity contribution in [1.29, 1.82) is 0 Å². The molecule has 1 aromatic carbocycles. The lowest BCUT2D eigenvalue weighted by molar-refractivity contribution is -0.128. The zero-order valence-electron chi connectivity index (χ0n) is 14.0. The van der Waals surface area contributed by atoms with Gasteiger partial charge in [0.15, 0.2) is 5.96 Å². The van der Waals surface area contributed by atoms with E-state index in [1.165, 1.54) is 11.1 Å². The van der Waals surface area contributed by atoms with Crippen LogP contribution in [0.5, 0.6) is 0 Å². The number of hydrogen-bond donors (Lipinski definition) is 2. The molecule has 1 aliphatic heterocycles. The van der Waals surface area contributed by atoms with Gasteiger partial charge in [-0.2, -0.15) is 0 Å². The normalized spacial score (nSPS) is 13.5. The van der Waals surface area contributed by atoms with Crippen molar-refractivity contribution in [3.05, 3.63) is 35.4 Å². The topological polar surface area (TPSA) is 56.7 Å². The van der Waals surface area contributed by atoms with E-state index in [0.29, 0.717) is 13.0 Å². The van der Waals surface area contributed by atoms with Gasteiger partial charge in [0.2, 0.25) is 5.91 Å². The molecule has 0 bridgehead atoms. The quantitative estimate of drug-likeness (QED) is 0.414. The summed E-state index contributed by atoms with van der Waals surface area (Å²) in [6, 6.07) is 8.37. The third-order valence-corrected chi connectivity index (χ3v) is 3.68. The van der Waals surface area contributed by atoms with Crippen molar-refractivity contribution in [2.75, 3.05) is 19.6 Å². The van der Waals surface area contributed by atoms with Crippen LogP contribution in [0.1, 0.15) is 37.8 Å². The van der Waals surface area contributed by atoms with Gasteiger partial charge in [0.1, 0.15) is 0 Å². The van der Waals surface area contributed by atoms with Crippen molar-refractivity contribution < 1.29 is 4.79 Å². The molecule has 1 amide bonds. The van der Waals surface area contributed by atoms with Crippen molar-refractivity contribution in [1.82, 2.24) is 15.5 Å². The summed E-state index contributed by atoms with van der Waals surface area (Å²) < 4.78 is 0. The minimum atomic E-state index is 0. The summed E-state index contributed by atoms with van der Waals surface area (Å²) in [5.74, 6) is 1.12. The standard InChI is InChI=1S/C17H26N4O.HI/c1-3-18-17(19-4-2)20-12-14-7-9-15(10-8-14)13-21-11-5-6-16(21)22;/h7-10H,3-6,11-13H2,1-2H3,(H2,18,19,20);1H. The Morgan fingerprint density at radius 3 is 2.26 bits per heavy atom. The van der Waals surface area contributed by atoms with Gasteiger partial charge in [0.05, 0.1) is 6.54 Å². The van der Waals surface area contributed by atoms with E-state index < -0.39 is 0 Å². The number of carbonyl (C=O) groups is 1. The maximum atomic E-state index is 11.6. The summed E-state index contributed by atoms with van der Waals surface area (Å²) in [7, 11) is 0. The highest BCUT2D eigenvalue weighted by Gasteiger charge is 2.19. The fourth-order valence-electron chi connectivity index (χ4n) is 2.52. The van der Waals surface area contributed by atoms with E-state index >= 15 is 0 Å². The number of amides is 1. The van der Waals surface area contributed by atoms with Crippen LogP contribution in [0.4, 0.5) is 0 Å². The summed E-state index contributed by atoms with van der Waals surface area (Å²) in [5, 5.41) is 6.43. The van der Waals surface area contributed by atoms with Crippen molar-refractivity contribution in [2.45, 2.75) is 39.8 Å². The maximum absolute atomic E-state index is 11.6. The third-order valence-electron chi connectivity index (χ3n) is 3.68. The highest BCUT2D eigenvalue weighted by molar-refractivity contribution is 14.0. The Labute approximate surface area is 156 Å². The van der Waals surface area contributed by atoms with Crippen molar-refractivity contribution in [3.8, 4) is 0 Å². The Bertz CT molecular complexity index is 508. The molecular weight excluding hydrogens is 403 g/mol. The molecule has 128 valence electrons. The molecule has 0 unspecified atom stereocenters. The molecular formula is C17H27IN4O. The second-order valence-electron chi connectivity index (χ2n) is 5.46. The lowest BCUT2D eigenvalue weighted by atomic mass is 10.1.